The van der Waals surface area contributed by atoms with Gasteiger partial charge in [0.2, 0.25) is 0 Å². The van der Waals surface area contributed by atoms with E-state index in [1.165, 1.54) is 5.56 Å². The molecular weight excluding hydrogens is 200 g/mol. The zero-order chi connectivity index (χ0) is 11.4. The third-order valence-electron chi connectivity index (χ3n) is 3.11. The Kier molecular flexibility index (Phi) is 3.60. The fourth-order valence-electron chi connectivity index (χ4n) is 1.85. The second-order valence-electron chi connectivity index (χ2n) is 4.58. The molecule has 1 saturated carbocycles. The molecule has 2 rings (SSSR count). The van der Waals surface area contributed by atoms with Crippen molar-refractivity contribution < 1.29 is 9.53 Å². The van der Waals surface area contributed by atoms with Crippen molar-refractivity contribution in [2.24, 2.45) is 11.8 Å². The Hall–Kier alpha value is -1.31. The van der Waals surface area contributed by atoms with Crippen molar-refractivity contribution >= 4 is 5.97 Å². The van der Waals surface area contributed by atoms with Crippen LogP contribution in [-0.4, -0.2) is 12.6 Å². The van der Waals surface area contributed by atoms with Crippen molar-refractivity contribution in [3.05, 3.63) is 35.9 Å². The zero-order valence-electron chi connectivity index (χ0n) is 9.69. The van der Waals surface area contributed by atoms with Crippen molar-refractivity contribution in [2.75, 3.05) is 6.61 Å². The van der Waals surface area contributed by atoms with Crippen LogP contribution in [0.1, 0.15) is 25.3 Å². The van der Waals surface area contributed by atoms with Gasteiger partial charge in [0, 0.05) is 0 Å². The molecule has 2 heteroatoms. The van der Waals surface area contributed by atoms with E-state index in [9.17, 15) is 4.79 Å². The highest BCUT2D eigenvalue weighted by atomic mass is 16.5. The standard InChI is InChI=1S/C14H18O2/c1-11-10-13(11)14(15)16-9-5-8-12-6-3-2-4-7-12/h2-4,6-7,11,13H,5,8-10H2,1H3. The third-order valence-corrected chi connectivity index (χ3v) is 3.11. The molecule has 86 valence electrons. The summed E-state index contributed by atoms with van der Waals surface area (Å²) in [6, 6.07) is 10.3. The Morgan fingerprint density at radius 1 is 1.38 bits per heavy atom. The maximum Gasteiger partial charge on any atom is 0.309 e. The lowest BCUT2D eigenvalue weighted by Crippen LogP contribution is -2.09. The highest BCUT2D eigenvalue weighted by Gasteiger charge is 2.40. The Morgan fingerprint density at radius 3 is 2.69 bits per heavy atom. The minimum Gasteiger partial charge on any atom is -0.465 e. The van der Waals surface area contributed by atoms with Crippen LogP contribution >= 0.6 is 0 Å². The molecule has 0 radical (unpaired) electrons. The Labute approximate surface area is 96.6 Å². The van der Waals surface area contributed by atoms with E-state index in [-0.39, 0.29) is 11.9 Å². The molecule has 0 heterocycles. The zero-order valence-corrected chi connectivity index (χ0v) is 9.69. The number of benzene rings is 1. The van der Waals surface area contributed by atoms with Gasteiger partial charge < -0.3 is 4.74 Å². The number of carbonyl (C=O) groups excluding carboxylic acids is 1. The van der Waals surface area contributed by atoms with E-state index in [1.54, 1.807) is 0 Å². The van der Waals surface area contributed by atoms with E-state index in [2.05, 4.69) is 19.1 Å². The number of aryl methyl sites for hydroxylation is 1. The molecule has 1 aromatic carbocycles. The van der Waals surface area contributed by atoms with Gasteiger partial charge in [-0.25, -0.2) is 0 Å². The number of hydrogen-bond acceptors (Lipinski definition) is 2. The van der Waals surface area contributed by atoms with Crippen LogP contribution in [-0.2, 0) is 16.0 Å². The van der Waals surface area contributed by atoms with Gasteiger partial charge in [-0.2, -0.15) is 0 Å². The van der Waals surface area contributed by atoms with Crippen molar-refractivity contribution in [3.8, 4) is 0 Å². The third kappa shape index (κ3) is 3.09. The van der Waals surface area contributed by atoms with Crippen LogP contribution in [0.15, 0.2) is 30.3 Å². The Morgan fingerprint density at radius 2 is 2.06 bits per heavy atom. The van der Waals surface area contributed by atoms with E-state index in [0.29, 0.717) is 12.5 Å². The summed E-state index contributed by atoms with van der Waals surface area (Å²) in [5.41, 5.74) is 1.30. The van der Waals surface area contributed by atoms with Gasteiger partial charge in [-0.15, -0.1) is 0 Å². The number of rotatable bonds is 5. The van der Waals surface area contributed by atoms with Crippen LogP contribution in [0.4, 0.5) is 0 Å². The maximum absolute atomic E-state index is 11.4. The van der Waals surface area contributed by atoms with Crippen LogP contribution in [0, 0.1) is 11.8 Å². The van der Waals surface area contributed by atoms with Crippen LogP contribution in [0.5, 0.6) is 0 Å². The van der Waals surface area contributed by atoms with Gasteiger partial charge >= 0.3 is 5.97 Å². The van der Waals surface area contributed by atoms with Gasteiger partial charge in [0.05, 0.1) is 12.5 Å². The Balaban J connectivity index is 1.60. The summed E-state index contributed by atoms with van der Waals surface area (Å²) in [4.78, 5) is 11.4. The highest BCUT2D eigenvalue weighted by Crippen LogP contribution is 2.38. The first kappa shape index (κ1) is 11.2. The average Bonchev–Trinajstić information content (AvgIpc) is 3.03. The topological polar surface area (TPSA) is 26.3 Å². The maximum atomic E-state index is 11.4. The van der Waals surface area contributed by atoms with E-state index >= 15 is 0 Å². The van der Waals surface area contributed by atoms with Crippen LogP contribution in [0.3, 0.4) is 0 Å². The summed E-state index contributed by atoms with van der Waals surface area (Å²) >= 11 is 0. The summed E-state index contributed by atoms with van der Waals surface area (Å²) in [6.45, 7) is 2.65. The second-order valence-corrected chi connectivity index (χ2v) is 4.58. The lowest BCUT2D eigenvalue weighted by atomic mass is 10.1. The van der Waals surface area contributed by atoms with Crippen molar-refractivity contribution in [1.29, 1.82) is 0 Å². The van der Waals surface area contributed by atoms with Gasteiger partial charge in [0.1, 0.15) is 0 Å². The quantitative estimate of drug-likeness (QED) is 0.561. The molecule has 2 atom stereocenters. The fourth-order valence-corrected chi connectivity index (χ4v) is 1.85. The average molecular weight is 218 g/mol. The second kappa shape index (κ2) is 5.15. The minimum absolute atomic E-state index is 0.000520. The van der Waals surface area contributed by atoms with Crippen LogP contribution in [0.25, 0.3) is 0 Å². The molecular formula is C14H18O2. The molecule has 2 unspecified atom stereocenters. The monoisotopic (exact) mass is 218 g/mol. The summed E-state index contributed by atoms with van der Waals surface area (Å²) in [6.07, 6.45) is 2.91. The van der Waals surface area contributed by atoms with Gasteiger partial charge in [-0.3, -0.25) is 4.79 Å². The van der Waals surface area contributed by atoms with Gasteiger partial charge in [0.15, 0.2) is 0 Å². The first-order valence-electron chi connectivity index (χ1n) is 5.98. The van der Waals surface area contributed by atoms with Crippen LogP contribution in [0.2, 0.25) is 0 Å². The SMILES string of the molecule is CC1CC1C(=O)OCCCc1ccccc1. The minimum atomic E-state index is 0.000520. The number of hydrogen-bond donors (Lipinski definition) is 0. The molecule has 1 aliphatic carbocycles. The number of esters is 1. The number of ether oxygens (including phenoxy) is 1. The molecule has 0 amide bonds. The van der Waals surface area contributed by atoms with Gasteiger partial charge in [0.25, 0.3) is 0 Å². The van der Waals surface area contributed by atoms with Crippen molar-refractivity contribution in [2.45, 2.75) is 26.2 Å². The molecule has 0 spiro atoms. The van der Waals surface area contributed by atoms with E-state index in [1.807, 2.05) is 18.2 Å². The van der Waals surface area contributed by atoms with E-state index < -0.39 is 0 Å². The predicted molar refractivity (Wildman–Crippen MR) is 63.0 cm³/mol. The first-order chi connectivity index (χ1) is 7.77. The van der Waals surface area contributed by atoms with Crippen molar-refractivity contribution in [1.82, 2.24) is 0 Å². The predicted octanol–water partition coefficient (Wildman–Crippen LogP) is 2.82. The summed E-state index contributed by atoms with van der Waals surface area (Å²) in [7, 11) is 0. The largest absolute Gasteiger partial charge is 0.465 e. The molecule has 0 saturated heterocycles. The summed E-state index contributed by atoms with van der Waals surface area (Å²) in [5.74, 6) is 0.735. The van der Waals surface area contributed by atoms with Crippen molar-refractivity contribution in [3.63, 3.8) is 0 Å². The normalized spacial score (nSPS) is 22.8. The fraction of sp³-hybridized carbons (Fsp3) is 0.500. The molecule has 1 aliphatic rings. The number of carbonyl (C=O) groups is 1. The molecule has 0 aliphatic heterocycles. The van der Waals surface area contributed by atoms with E-state index in [0.717, 1.165) is 19.3 Å². The smallest absolute Gasteiger partial charge is 0.309 e. The molecule has 16 heavy (non-hydrogen) atoms. The van der Waals surface area contributed by atoms with Gasteiger partial charge in [-0.05, 0) is 30.7 Å². The Bertz CT molecular complexity index is 345. The molecule has 0 N–H and O–H groups in total. The van der Waals surface area contributed by atoms with E-state index in [4.69, 9.17) is 4.74 Å². The lowest BCUT2D eigenvalue weighted by molar-refractivity contribution is -0.145. The first-order valence-corrected chi connectivity index (χ1v) is 5.98. The van der Waals surface area contributed by atoms with Gasteiger partial charge in [-0.1, -0.05) is 37.3 Å². The summed E-state index contributed by atoms with van der Waals surface area (Å²) < 4.78 is 5.22. The highest BCUT2D eigenvalue weighted by molar-refractivity contribution is 5.75. The summed E-state index contributed by atoms with van der Waals surface area (Å²) in [5, 5.41) is 0. The molecule has 0 bridgehead atoms. The molecule has 1 fully saturated rings. The lowest BCUT2D eigenvalue weighted by Gasteiger charge is -2.04. The molecule has 1 aromatic rings. The van der Waals surface area contributed by atoms with Crippen LogP contribution < -0.4 is 0 Å². The molecule has 2 nitrogen and oxygen atoms in total. The molecule has 0 aromatic heterocycles.